The zero-order valence-electron chi connectivity index (χ0n) is 14.4. The lowest BCUT2D eigenvalue weighted by atomic mass is 10.0. The van der Waals surface area contributed by atoms with Crippen molar-refractivity contribution in [3.05, 3.63) is 59.3 Å². The lowest BCUT2D eigenvalue weighted by Gasteiger charge is -2.24. The maximum absolute atomic E-state index is 13.4. The molecule has 0 spiro atoms. The normalized spacial score (nSPS) is 17.0. The SMILES string of the molecule is Cc1cc(-c2cn[nH]c2[C@@H]2CCCN2C(=O)Cc2cccc(F)c2)on1. The van der Waals surface area contributed by atoms with Crippen LogP contribution in [0.5, 0.6) is 0 Å². The molecule has 134 valence electrons. The molecule has 1 N–H and O–H groups in total. The van der Waals surface area contributed by atoms with E-state index in [1.165, 1.54) is 12.1 Å². The van der Waals surface area contributed by atoms with Gasteiger partial charge in [0, 0.05) is 12.6 Å². The molecule has 1 amide bonds. The molecule has 1 atom stereocenters. The first kappa shape index (κ1) is 16.5. The fraction of sp³-hybridized carbons (Fsp3) is 0.316. The van der Waals surface area contributed by atoms with E-state index in [0.717, 1.165) is 29.8 Å². The second-order valence-corrected chi connectivity index (χ2v) is 6.58. The van der Waals surface area contributed by atoms with Gasteiger partial charge in [0.25, 0.3) is 0 Å². The van der Waals surface area contributed by atoms with Gasteiger partial charge in [0.05, 0.1) is 35.6 Å². The number of hydrogen-bond acceptors (Lipinski definition) is 4. The molecule has 3 heterocycles. The number of halogens is 1. The van der Waals surface area contributed by atoms with Crippen molar-refractivity contribution < 1.29 is 13.7 Å². The number of carbonyl (C=O) groups excluding carboxylic acids is 1. The Bertz CT molecular complexity index is 933. The van der Waals surface area contributed by atoms with Gasteiger partial charge in [0.15, 0.2) is 5.76 Å². The average molecular weight is 354 g/mol. The van der Waals surface area contributed by atoms with Gasteiger partial charge in [-0.15, -0.1) is 0 Å². The van der Waals surface area contributed by atoms with Crippen molar-refractivity contribution in [3.63, 3.8) is 0 Å². The molecule has 0 unspecified atom stereocenters. The first-order valence-electron chi connectivity index (χ1n) is 8.62. The molecular weight excluding hydrogens is 335 g/mol. The lowest BCUT2D eigenvalue weighted by Crippen LogP contribution is -2.32. The van der Waals surface area contributed by atoms with E-state index in [2.05, 4.69) is 15.4 Å². The Morgan fingerprint density at radius 1 is 1.42 bits per heavy atom. The van der Waals surface area contributed by atoms with Crippen molar-refractivity contribution in [1.29, 1.82) is 0 Å². The molecule has 7 heteroatoms. The minimum absolute atomic E-state index is 0.0209. The van der Waals surface area contributed by atoms with Crippen molar-refractivity contribution >= 4 is 5.91 Å². The molecule has 26 heavy (non-hydrogen) atoms. The fourth-order valence-electron chi connectivity index (χ4n) is 3.53. The highest BCUT2D eigenvalue weighted by molar-refractivity contribution is 5.80. The molecule has 0 aliphatic carbocycles. The van der Waals surface area contributed by atoms with Crippen LogP contribution in [0.25, 0.3) is 11.3 Å². The molecule has 0 radical (unpaired) electrons. The summed E-state index contributed by atoms with van der Waals surface area (Å²) in [6, 6.07) is 7.93. The Morgan fingerprint density at radius 3 is 3.08 bits per heavy atom. The first-order chi connectivity index (χ1) is 12.6. The third-order valence-electron chi connectivity index (χ3n) is 4.71. The van der Waals surface area contributed by atoms with Crippen LogP contribution in [0.15, 0.2) is 41.1 Å². The van der Waals surface area contributed by atoms with Gasteiger partial charge in [-0.3, -0.25) is 9.89 Å². The number of rotatable bonds is 4. The summed E-state index contributed by atoms with van der Waals surface area (Å²) in [6.45, 7) is 2.53. The summed E-state index contributed by atoms with van der Waals surface area (Å²) < 4.78 is 18.7. The predicted octanol–water partition coefficient (Wildman–Crippen LogP) is 3.42. The van der Waals surface area contributed by atoms with Crippen LogP contribution in [0.3, 0.4) is 0 Å². The highest BCUT2D eigenvalue weighted by atomic mass is 19.1. The number of likely N-dealkylation sites (tertiary alicyclic amines) is 1. The molecule has 2 aromatic heterocycles. The van der Waals surface area contributed by atoms with Crippen LogP contribution in [-0.4, -0.2) is 32.7 Å². The van der Waals surface area contributed by atoms with Crippen molar-refractivity contribution in [2.75, 3.05) is 6.54 Å². The van der Waals surface area contributed by atoms with E-state index in [4.69, 9.17) is 4.52 Å². The maximum Gasteiger partial charge on any atom is 0.227 e. The highest BCUT2D eigenvalue weighted by Gasteiger charge is 2.33. The highest BCUT2D eigenvalue weighted by Crippen LogP contribution is 2.36. The quantitative estimate of drug-likeness (QED) is 0.779. The second kappa shape index (κ2) is 6.74. The molecular formula is C19H19FN4O2. The maximum atomic E-state index is 13.4. The standard InChI is InChI=1S/C19H19FN4O2/c1-12-8-17(26-23-12)15-11-21-22-19(15)16-6-3-7-24(16)18(25)10-13-4-2-5-14(20)9-13/h2,4-5,8-9,11,16H,3,6-7,10H2,1H3,(H,21,22)/t16-/m0/s1. The average Bonchev–Trinajstić information content (AvgIpc) is 3.34. The van der Waals surface area contributed by atoms with E-state index in [-0.39, 0.29) is 24.2 Å². The molecule has 0 saturated carbocycles. The second-order valence-electron chi connectivity index (χ2n) is 6.58. The van der Waals surface area contributed by atoms with Crippen molar-refractivity contribution in [2.24, 2.45) is 0 Å². The van der Waals surface area contributed by atoms with Gasteiger partial charge < -0.3 is 9.42 Å². The third-order valence-corrected chi connectivity index (χ3v) is 4.71. The van der Waals surface area contributed by atoms with E-state index in [1.54, 1.807) is 18.3 Å². The van der Waals surface area contributed by atoms with Gasteiger partial charge in [-0.25, -0.2) is 4.39 Å². The first-order valence-corrected chi connectivity index (χ1v) is 8.62. The summed E-state index contributed by atoms with van der Waals surface area (Å²) in [5, 5.41) is 11.1. The van der Waals surface area contributed by atoms with E-state index >= 15 is 0 Å². The topological polar surface area (TPSA) is 75.0 Å². The van der Waals surface area contributed by atoms with E-state index in [1.807, 2.05) is 17.9 Å². The number of hydrogen-bond donors (Lipinski definition) is 1. The van der Waals surface area contributed by atoms with Crippen molar-refractivity contribution in [1.82, 2.24) is 20.3 Å². The number of carbonyl (C=O) groups is 1. The Balaban J connectivity index is 1.57. The summed E-state index contributed by atoms with van der Waals surface area (Å²) in [6.07, 6.45) is 3.63. The van der Waals surface area contributed by atoms with Crippen LogP contribution in [0.4, 0.5) is 4.39 Å². The predicted molar refractivity (Wildman–Crippen MR) is 92.6 cm³/mol. The smallest absolute Gasteiger partial charge is 0.227 e. The zero-order valence-corrected chi connectivity index (χ0v) is 14.4. The summed E-state index contributed by atoms with van der Waals surface area (Å²) in [7, 11) is 0. The Kier molecular flexibility index (Phi) is 4.28. The molecule has 1 aliphatic rings. The van der Waals surface area contributed by atoms with Crippen LogP contribution < -0.4 is 0 Å². The number of aromatic nitrogens is 3. The van der Waals surface area contributed by atoms with Crippen LogP contribution >= 0.6 is 0 Å². The Morgan fingerprint density at radius 2 is 2.31 bits per heavy atom. The summed E-state index contributed by atoms with van der Waals surface area (Å²) in [5.41, 5.74) is 3.14. The number of nitrogens with zero attached hydrogens (tertiary/aromatic N) is 3. The number of benzene rings is 1. The van der Waals surface area contributed by atoms with Gasteiger partial charge in [0.1, 0.15) is 5.82 Å². The number of nitrogens with one attached hydrogen (secondary N) is 1. The van der Waals surface area contributed by atoms with Gasteiger partial charge >= 0.3 is 0 Å². The lowest BCUT2D eigenvalue weighted by molar-refractivity contribution is -0.131. The molecule has 1 saturated heterocycles. The molecule has 4 rings (SSSR count). The molecule has 3 aromatic rings. The van der Waals surface area contributed by atoms with Crippen LogP contribution in [0.2, 0.25) is 0 Å². The van der Waals surface area contributed by atoms with Gasteiger partial charge in [-0.05, 0) is 37.5 Å². The number of aromatic amines is 1. The van der Waals surface area contributed by atoms with Crippen LogP contribution in [0, 0.1) is 12.7 Å². The number of H-pyrrole nitrogens is 1. The summed E-state index contributed by atoms with van der Waals surface area (Å²) in [5.74, 6) is 0.285. The molecule has 1 fully saturated rings. The van der Waals surface area contributed by atoms with Crippen LogP contribution in [0.1, 0.15) is 35.8 Å². The zero-order chi connectivity index (χ0) is 18.1. The minimum Gasteiger partial charge on any atom is -0.356 e. The van der Waals surface area contributed by atoms with Gasteiger partial charge in [-0.2, -0.15) is 5.10 Å². The monoisotopic (exact) mass is 354 g/mol. The number of amides is 1. The minimum atomic E-state index is -0.329. The van der Waals surface area contributed by atoms with E-state index in [0.29, 0.717) is 17.9 Å². The third kappa shape index (κ3) is 3.12. The van der Waals surface area contributed by atoms with Crippen LogP contribution in [-0.2, 0) is 11.2 Å². The Labute approximate surface area is 150 Å². The largest absolute Gasteiger partial charge is 0.356 e. The summed E-state index contributed by atoms with van der Waals surface area (Å²) >= 11 is 0. The number of aryl methyl sites for hydroxylation is 1. The molecule has 0 bridgehead atoms. The fourth-order valence-corrected chi connectivity index (χ4v) is 3.53. The van der Waals surface area contributed by atoms with Gasteiger partial charge in [0.2, 0.25) is 5.91 Å². The molecule has 1 aliphatic heterocycles. The van der Waals surface area contributed by atoms with Gasteiger partial charge in [-0.1, -0.05) is 17.3 Å². The van der Waals surface area contributed by atoms with Crippen molar-refractivity contribution in [3.8, 4) is 11.3 Å². The van der Waals surface area contributed by atoms with Crippen molar-refractivity contribution in [2.45, 2.75) is 32.2 Å². The Hall–Kier alpha value is -2.96. The van der Waals surface area contributed by atoms with E-state index in [9.17, 15) is 9.18 Å². The molecule has 1 aromatic carbocycles. The van der Waals surface area contributed by atoms with E-state index < -0.39 is 0 Å². The summed E-state index contributed by atoms with van der Waals surface area (Å²) in [4.78, 5) is 14.7. The molecule has 6 nitrogen and oxygen atoms in total.